The van der Waals surface area contributed by atoms with E-state index in [-0.39, 0.29) is 0 Å². The zero-order valence-corrected chi connectivity index (χ0v) is 14.5. The summed E-state index contributed by atoms with van der Waals surface area (Å²) >= 11 is 0. The average Bonchev–Trinajstić information content (AvgIpc) is 3.20. The topological polar surface area (TPSA) is 101 Å². The molecule has 3 heterocycles. The maximum atomic E-state index is 5.41. The maximum Gasteiger partial charge on any atom is 0.162 e. The highest BCUT2D eigenvalue weighted by molar-refractivity contribution is 6.09. The van der Waals surface area contributed by atoms with Gasteiger partial charge in [-0.15, -0.1) is 0 Å². The lowest BCUT2D eigenvalue weighted by Crippen LogP contribution is -1.97. The number of nitrogens with zero attached hydrogens (tertiary/aromatic N) is 3. The summed E-state index contributed by atoms with van der Waals surface area (Å²) in [6.07, 6.45) is 4.24. The van der Waals surface area contributed by atoms with Gasteiger partial charge in [-0.1, -0.05) is 0 Å². The number of fused-ring (bicyclic) bond motifs is 3. The Morgan fingerprint density at radius 1 is 1.04 bits per heavy atom. The molecule has 4 aromatic rings. The molecular formula is C18H18N6O2. The first kappa shape index (κ1) is 15.0. The van der Waals surface area contributed by atoms with Crippen LogP contribution >= 0.6 is 0 Å². The number of aromatic nitrogens is 5. The van der Waals surface area contributed by atoms with Crippen molar-refractivity contribution in [3.05, 3.63) is 30.1 Å². The lowest BCUT2D eigenvalue weighted by atomic mass is 10.1. The molecule has 1 saturated carbocycles. The van der Waals surface area contributed by atoms with E-state index in [4.69, 9.17) is 14.5 Å². The molecule has 0 atom stereocenters. The molecule has 1 aliphatic rings. The fraction of sp³-hybridized carbons (Fsp3) is 0.278. The molecule has 26 heavy (non-hydrogen) atoms. The van der Waals surface area contributed by atoms with Gasteiger partial charge in [0.25, 0.3) is 0 Å². The van der Waals surface area contributed by atoms with Crippen LogP contribution in [0.1, 0.15) is 24.5 Å². The number of pyridine rings is 1. The Hall–Kier alpha value is -3.29. The van der Waals surface area contributed by atoms with Crippen molar-refractivity contribution in [2.24, 2.45) is 0 Å². The van der Waals surface area contributed by atoms with E-state index < -0.39 is 0 Å². The summed E-state index contributed by atoms with van der Waals surface area (Å²) in [4.78, 5) is 4.75. The summed E-state index contributed by atoms with van der Waals surface area (Å²) < 4.78 is 10.8. The Bertz CT molecular complexity index is 1110. The first-order chi connectivity index (χ1) is 12.8. The molecule has 5 rings (SSSR count). The van der Waals surface area contributed by atoms with Crippen molar-refractivity contribution in [3.63, 3.8) is 0 Å². The minimum atomic E-state index is 0.617. The molecule has 1 aromatic carbocycles. The van der Waals surface area contributed by atoms with Crippen molar-refractivity contribution in [1.82, 2.24) is 25.4 Å². The SMILES string of the molecule is COc1cc2nc(Nc3cc(C4CC4)[nH]n3)c3[nH]ncc3c2cc1OC. The molecule has 0 saturated heterocycles. The molecular weight excluding hydrogens is 332 g/mol. The van der Waals surface area contributed by atoms with Gasteiger partial charge >= 0.3 is 0 Å². The van der Waals surface area contributed by atoms with E-state index in [2.05, 4.69) is 25.7 Å². The monoisotopic (exact) mass is 350 g/mol. The quantitative estimate of drug-likeness (QED) is 0.509. The number of benzene rings is 1. The zero-order chi connectivity index (χ0) is 17.7. The molecule has 0 bridgehead atoms. The van der Waals surface area contributed by atoms with Gasteiger partial charge in [0.05, 0.1) is 25.9 Å². The summed E-state index contributed by atoms with van der Waals surface area (Å²) in [6, 6.07) is 5.83. The predicted molar refractivity (Wildman–Crippen MR) is 98.3 cm³/mol. The van der Waals surface area contributed by atoms with Crippen molar-refractivity contribution in [3.8, 4) is 11.5 Å². The first-order valence-corrected chi connectivity index (χ1v) is 8.48. The second-order valence-electron chi connectivity index (χ2n) is 6.45. The Morgan fingerprint density at radius 2 is 1.85 bits per heavy atom. The van der Waals surface area contributed by atoms with Gasteiger partial charge in [-0.05, 0) is 18.9 Å². The van der Waals surface area contributed by atoms with Gasteiger partial charge in [0, 0.05) is 34.5 Å². The largest absolute Gasteiger partial charge is 0.493 e. The Kier molecular flexibility index (Phi) is 3.24. The van der Waals surface area contributed by atoms with E-state index in [0.717, 1.165) is 27.6 Å². The third-order valence-electron chi connectivity index (χ3n) is 4.76. The summed E-state index contributed by atoms with van der Waals surface area (Å²) in [6.45, 7) is 0. The van der Waals surface area contributed by atoms with Crippen LogP contribution in [0.25, 0.3) is 21.8 Å². The van der Waals surface area contributed by atoms with Crippen LogP contribution in [0.3, 0.4) is 0 Å². The van der Waals surface area contributed by atoms with Crippen LogP contribution in [-0.2, 0) is 0 Å². The molecule has 3 N–H and O–H groups in total. The second-order valence-corrected chi connectivity index (χ2v) is 6.45. The van der Waals surface area contributed by atoms with Crippen molar-refractivity contribution in [1.29, 1.82) is 0 Å². The molecule has 8 heteroatoms. The van der Waals surface area contributed by atoms with E-state index in [9.17, 15) is 0 Å². The highest BCUT2D eigenvalue weighted by Crippen LogP contribution is 2.40. The number of ether oxygens (including phenoxy) is 2. The van der Waals surface area contributed by atoms with Gasteiger partial charge in [-0.2, -0.15) is 10.2 Å². The minimum absolute atomic E-state index is 0.617. The molecule has 0 unspecified atom stereocenters. The highest BCUT2D eigenvalue weighted by atomic mass is 16.5. The van der Waals surface area contributed by atoms with Crippen LogP contribution in [0.4, 0.5) is 11.6 Å². The number of methoxy groups -OCH3 is 2. The molecule has 3 aromatic heterocycles. The number of nitrogens with one attached hydrogen (secondary N) is 3. The van der Waals surface area contributed by atoms with Gasteiger partial charge in [-0.3, -0.25) is 10.2 Å². The first-order valence-electron chi connectivity index (χ1n) is 8.48. The lowest BCUT2D eigenvalue weighted by Gasteiger charge is -2.11. The van der Waals surface area contributed by atoms with Crippen LogP contribution in [0.15, 0.2) is 24.4 Å². The smallest absolute Gasteiger partial charge is 0.162 e. The van der Waals surface area contributed by atoms with Crippen molar-refractivity contribution < 1.29 is 9.47 Å². The standard InChI is InChI=1S/C18H18N6O2/c1-25-14-5-10-11-8-19-24-17(11)18(20-13(10)6-15(14)26-2)21-16-7-12(22-23-16)9-3-4-9/h5-9H,3-4H2,1-2H3,(H,19,24)(H2,20,21,22,23). The number of anilines is 2. The van der Waals surface area contributed by atoms with Crippen LogP contribution < -0.4 is 14.8 Å². The number of rotatable bonds is 5. The van der Waals surface area contributed by atoms with E-state index in [0.29, 0.717) is 23.2 Å². The van der Waals surface area contributed by atoms with Crippen molar-refractivity contribution in [2.45, 2.75) is 18.8 Å². The van der Waals surface area contributed by atoms with Gasteiger partial charge in [0.1, 0.15) is 5.52 Å². The molecule has 0 aliphatic heterocycles. The minimum Gasteiger partial charge on any atom is -0.493 e. The van der Waals surface area contributed by atoms with Gasteiger partial charge in [0.2, 0.25) is 0 Å². The maximum absolute atomic E-state index is 5.41. The normalized spacial score (nSPS) is 14.1. The summed E-state index contributed by atoms with van der Waals surface area (Å²) in [5.74, 6) is 3.33. The number of H-pyrrole nitrogens is 2. The Balaban J connectivity index is 1.64. The van der Waals surface area contributed by atoms with E-state index >= 15 is 0 Å². The Morgan fingerprint density at radius 3 is 2.62 bits per heavy atom. The fourth-order valence-electron chi connectivity index (χ4n) is 3.24. The third kappa shape index (κ3) is 2.33. The summed E-state index contributed by atoms with van der Waals surface area (Å²) in [7, 11) is 3.23. The summed E-state index contributed by atoms with van der Waals surface area (Å²) in [5, 5.41) is 19.9. The molecule has 1 fully saturated rings. The molecule has 8 nitrogen and oxygen atoms in total. The summed E-state index contributed by atoms with van der Waals surface area (Å²) in [5.41, 5.74) is 2.78. The average molecular weight is 350 g/mol. The molecule has 0 radical (unpaired) electrons. The molecule has 0 amide bonds. The van der Waals surface area contributed by atoms with Crippen LogP contribution in [0.2, 0.25) is 0 Å². The van der Waals surface area contributed by atoms with Crippen molar-refractivity contribution in [2.75, 3.05) is 19.5 Å². The Labute approximate surface area is 148 Å². The van der Waals surface area contributed by atoms with Crippen molar-refractivity contribution >= 4 is 33.4 Å². The number of hydrogen-bond acceptors (Lipinski definition) is 6. The highest BCUT2D eigenvalue weighted by Gasteiger charge is 2.25. The van der Waals surface area contributed by atoms with E-state index in [1.54, 1.807) is 20.4 Å². The number of hydrogen-bond donors (Lipinski definition) is 3. The molecule has 1 aliphatic carbocycles. The third-order valence-corrected chi connectivity index (χ3v) is 4.76. The van der Waals surface area contributed by atoms with Crippen LogP contribution in [0, 0.1) is 0 Å². The fourth-order valence-corrected chi connectivity index (χ4v) is 3.24. The predicted octanol–water partition coefficient (Wildman–Crippen LogP) is 3.47. The number of aromatic amines is 2. The second kappa shape index (κ2) is 5.62. The lowest BCUT2D eigenvalue weighted by molar-refractivity contribution is 0.356. The van der Waals surface area contributed by atoms with Crippen LogP contribution in [0.5, 0.6) is 11.5 Å². The molecule has 132 valence electrons. The van der Waals surface area contributed by atoms with Crippen LogP contribution in [-0.4, -0.2) is 39.6 Å². The van der Waals surface area contributed by atoms with E-state index in [1.165, 1.54) is 18.5 Å². The zero-order valence-electron chi connectivity index (χ0n) is 14.5. The van der Waals surface area contributed by atoms with E-state index in [1.807, 2.05) is 18.2 Å². The van der Waals surface area contributed by atoms with Gasteiger partial charge in [0.15, 0.2) is 23.1 Å². The molecule has 0 spiro atoms. The van der Waals surface area contributed by atoms with Gasteiger partial charge in [-0.25, -0.2) is 4.98 Å². The van der Waals surface area contributed by atoms with Gasteiger partial charge < -0.3 is 14.8 Å².